The molecule has 0 aliphatic heterocycles. The summed E-state index contributed by atoms with van der Waals surface area (Å²) in [6, 6.07) is 21.0. The molecule has 0 aliphatic rings. The highest BCUT2D eigenvalue weighted by Crippen LogP contribution is 2.20. The fourth-order valence-corrected chi connectivity index (χ4v) is 3.27. The van der Waals surface area contributed by atoms with Crippen LogP contribution < -0.4 is 5.32 Å². The SMILES string of the molecule is Cc1ccc2oc(Cc3ccc(NC(=O)c4cccc(Br)c4)cc3)nc2c1. The summed E-state index contributed by atoms with van der Waals surface area (Å²) in [5.74, 6) is 0.542. The van der Waals surface area contributed by atoms with Gasteiger partial charge in [0.1, 0.15) is 5.52 Å². The number of oxazole rings is 1. The number of halogens is 1. The Balaban J connectivity index is 1.46. The number of aryl methyl sites for hydroxylation is 1. The van der Waals surface area contributed by atoms with Crippen LogP contribution in [0, 0.1) is 6.92 Å². The minimum atomic E-state index is -0.140. The van der Waals surface area contributed by atoms with Crippen molar-refractivity contribution in [2.24, 2.45) is 0 Å². The zero-order valence-electron chi connectivity index (χ0n) is 14.7. The molecule has 5 heteroatoms. The third-order valence-corrected chi connectivity index (χ3v) is 4.73. The lowest BCUT2D eigenvalue weighted by Gasteiger charge is -2.06. The molecule has 1 heterocycles. The van der Waals surface area contributed by atoms with Gasteiger partial charge in [-0.2, -0.15) is 0 Å². The van der Waals surface area contributed by atoms with E-state index in [1.54, 1.807) is 12.1 Å². The summed E-state index contributed by atoms with van der Waals surface area (Å²) in [6.45, 7) is 2.04. The van der Waals surface area contributed by atoms with Crippen LogP contribution in [0.3, 0.4) is 0 Å². The van der Waals surface area contributed by atoms with Crippen molar-refractivity contribution < 1.29 is 9.21 Å². The highest BCUT2D eigenvalue weighted by molar-refractivity contribution is 9.10. The number of rotatable bonds is 4. The summed E-state index contributed by atoms with van der Waals surface area (Å²) in [6.07, 6.45) is 0.605. The van der Waals surface area contributed by atoms with Gasteiger partial charge in [0.05, 0.1) is 0 Å². The number of carbonyl (C=O) groups excluding carboxylic acids is 1. The Labute approximate surface area is 165 Å². The maximum Gasteiger partial charge on any atom is 0.255 e. The van der Waals surface area contributed by atoms with Crippen molar-refractivity contribution >= 4 is 38.6 Å². The molecule has 0 saturated carbocycles. The van der Waals surface area contributed by atoms with Crippen molar-refractivity contribution in [1.82, 2.24) is 4.98 Å². The van der Waals surface area contributed by atoms with E-state index in [0.29, 0.717) is 17.9 Å². The first-order valence-electron chi connectivity index (χ1n) is 8.59. The molecule has 4 rings (SSSR count). The lowest BCUT2D eigenvalue weighted by molar-refractivity contribution is 0.102. The number of hydrogen-bond acceptors (Lipinski definition) is 3. The van der Waals surface area contributed by atoms with Gasteiger partial charge in [-0.15, -0.1) is 0 Å². The van der Waals surface area contributed by atoms with E-state index < -0.39 is 0 Å². The minimum absolute atomic E-state index is 0.140. The number of benzene rings is 3. The molecule has 0 fully saturated rings. The van der Waals surface area contributed by atoms with Crippen LogP contribution in [0.2, 0.25) is 0 Å². The molecule has 0 saturated heterocycles. The Morgan fingerprint density at radius 1 is 1.07 bits per heavy atom. The second-order valence-corrected chi connectivity index (χ2v) is 7.33. The molecule has 1 aromatic heterocycles. The van der Waals surface area contributed by atoms with Crippen molar-refractivity contribution in [3.05, 3.63) is 93.8 Å². The summed E-state index contributed by atoms with van der Waals surface area (Å²) in [5.41, 5.74) is 5.26. The third kappa shape index (κ3) is 4.09. The average Bonchev–Trinajstić information content (AvgIpc) is 3.04. The molecule has 0 spiro atoms. The van der Waals surface area contributed by atoms with Gasteiger partial charge < -0.3 is 9.73 Å². The van der Waals surface area contributed by atoms with Gasteiger partial charge in [-0.3, -0.25) is 4.79 Å². The van der Waals surface area contributed by atoms with E-state index in [1.807, 2.05) is 61.5 Å². The zero-order valence-corrected chi connectivity index (χ0v) is 16.3. The van der Waals surface area contributed by atoms with Crippen LogP contribution in [0.15, 0.2) is 75.6 Å². The fourth-order valence-electron chi connectivity index (χ4n) is 2.87. The number of carbonyl (C=O) groups is 1. The van der Waals surface area contributed by atoms with Gasteiger partial charge in [0.25, 0.3) is 5.91 Å². The van der Waals surface area contributed by atoms with Gasteiger partial charge >= 0.3 is 0 Å². The third-order valence-electron chi connectivity index (χ3n) is 4.24. The molecular formula is C22H17BrN2O2. The topological polar surface area (TPSA) is 55.1 Å². The second-order valence-electron chi connectivity index (χ2n) is 6.42. The molecular weight excluding hydrogens is 404 g/mol. The molecule has 4 nitrogen and oxygen atoms in total. The van der Waals surface area contributed by atoms with Crippen LogP contribution in [0.5, 0.6) is 0 Å². The van der Waals surface area contributed by atoms with E-state index in [4.69, 9.17) is 4.42 Å². The Hall–Kier alpha value is -2.92. The number of nitrogens with one attached hydrogen (secondary N) is 1. The Morgan fingerprint density at radius 3 is 2.67 bits per heavy atom. The number of aromatic nitrogens is 1. The lowest BCUT2D eigenvalue weighted by atomic mass is 10.1. The standard InChI is InChI=1S/C22H17BrN2O2/c1-14-5-10-20-19(11-14)25-21(27-20)12-15-6-8-18(9-7-15)24-22(26)16-3-2-4-17(23)13-16/h2-11,13H,12H2,1H3,(H,24,26). The molecule has 4 aromatic rings. The predicted octanol–water partition coefficient (Wildman–Crippen LogP) is 5.74. The quantitative estimate of drug-likeness (QED) is 0.457. The van der Waals surface area contributed by atoms with Crippen molar-refractivity contribution in [3.8, 4) is 0 Å². The van der Waals surface area contributed by atoms with Crippen LogP contribution in [0.1, 0.15) is 27.4 Å². The van der Waals surface area contributed by atoms with Crippen LogP contribution in [-0.4, -0.2) is 10.9 Å². The molecule has 1 amide bonds. The monoisotopic (exact) mass is 420 g/mol. The molecule has 0 radical (unpaired) electrons. The molecule has 0 unspecified atom stereocenters. The second kappa shape index (κ2) is 7.37. The molecule has 134 valence electrons. The zero-order chi connectivity index (χ0) is 18.8. The average molecular weight is 421 g/mol. The Morgan fingerprint density at radius 2 is 1.89 bits per heavy atom. The van der Waals surface area contributed by atoms with Crippen molar-refractivity contribution in [3.63, 3.8) is 0 Å². The van der Waals surface area contributed by atoms with Crippen LogP contribution in [-0.2, 0) is 6.42 Å². The number of fused-ring (bicyclic) bond motifs is 1. The number of hydrogen-bond donors (Lipinski definition) is 1. The van der Waals surface area contributed by atoms with E-state index in [1.165, 1.54) is 0 Å². The summed E-state index contributed by atoms with van der Waals surface area (Å²) in [5, 5.41) is 2.91. The van der Waals surface area contributed by atoms with Crippen LogP contribution >= 0.6 is 15.9 Å². The smallest absolute Gasteiger partial charge is 0.255 e. The molecule has 27 heavy (non-hydrogen) atoms. The molecule has 0 bridgehead atoms. The first-order chi connectivity index (χ1) is 13.1. The van der Waals surface area contributed by atoms with Crippen molar-refractivity contribution in [2.45, 2.75) is 13.3 Å². The van der Waals surface area contributed by atoms with Crippen molar-refractivity contribution in [2.75, 3.05) is 5.32 Å². The molecule has 3 aromatic carbocycles. The molecule has 0 atom stereocenters. The highest BCUT2D eigenvalue weighted by Gasteiger charge is 2.09. The van der Waals surface area contributed by atoms with E-state index >= 15 is 0 Å². The lowest BCUT2D eigenvalue weighted by Crippen LogP contribution is -2.11. The normalized spacial score (nSPS) is 10.9. The summed E-state index contributed by atoms with van der Waals surface area (Å²) >= 11 is 3.38. The summed E-state index contributed by atoms with van der Waals surface area (Å²) < 4.78 is 6.68. The molecule has 1 N–H and O–H groups in total. The van der Waals surface area contributed by atoms with Gasteiger partial charge in [-0.05, 0) is 60.5 Å². The van der Waals surface area contributed by atoms with Gasteiger partial charge in [0.15, 0.2) is 11.5 Å². The van der Waals surface area contributed by atoms with Crippen molar-refractivity contribution in [1.29, 1.82) is 0 Å². The summed E-state index contributed by atoms with van der Waals surface area (Å²) in [4.78, 5) is 16.9. The fraction of sp³-hybridized carbons (Fsp3) is 0.0909. The predicted molar refractivity (Wildman–Crippen MR) is 110 cm³/mol. The Bertz CT molecular complexity index is 1120. The summed E-state index contributed by atoms with van der Waals surface area (Å²) in [7, 11) is 0. The largest absolute Gasteiger partial charge is 0.440 e. The van der Waals surface area contributed by atoms with E-state index in [9.17, 15) is 4.79 Å². The number of amides is 1. The van der Waals surface area contributed by atoms with Gasteiger partial charge in [0, 0.05) is 22.1 Å². The maximum absolute atomic E-state index is 12.3. The molecule has 0 aliphatic carbocycles. The number of nitrogens with zero attached hydrogens (tertiary/aromatic N) is 1. The Kier molecular flexibility index (Phi) is 4.77. The first-order valence-corrected chi connectivity index (χ1v) is 9.38. The number of anilines is 1. The van der Waals surface area contributed by atoms with Gasteiger partial charge in [0.2, 0.25) is 0 Å². The minimum Gasteiger partial charge on any atom is -0.440 e. The van der Waals surface area contributed by atoms with Crippen LogP contribution in [0.25, 0.3) is 11.1 Å². The van der Waals surface area contributed by atoms with Gasteiger partial charge in [-0.25, -0.2) is 4.98 Å². The maximum atomic E-state index is 12.3. The highest BCUT2D eigenvalue weighted by atomic mass is 79.9. The van der Waals surface area contributed by atoms with E-state index in [0.717, 1.165) is 32.4 Å². The van der Waals surface area contributed by atoms with E-state index in [2.05, 4.69) is 26.2 Å². The van der Waals surface area contributed by atoms with Crippen LogP contribution in [0.4, 0.5) is 5.69 Å². The van der Waals surface area contributed by atoms with Gasteiger partial charge in [-0.1, -0.05) is 40.2 Å². The first kappa shape index (κ1) is 17.5. The van der Waals surface area contributed by atoms with E-state index in [-0.39, 0.29) is 5.91 Å².